The highest BCUT2D eigenvalue weighted by Gasteiger charge is 2.31. The van der Waals surface area contributed by atoms with Crippen LogP contribution in [0.25, 0.3) is 0 Å². The molecule has 0 unspecified atom stereocenters. The van der Waals surface area contributed by atoms with E-state index in [4.69, 9.17) is 0 Å². The molecule has 4 nitrogen and oxygen atoms in total. The number of hydrogen-bond acceptors (Lipinski definition) is 4. The third kappa shape index (κ3) is 3.09. The lowest BCUT2D eigenvalue weighted by atomic mass is 9.88. The zero-order valence-corrected chi connectivity index (χ0v) is 12.9. The fraction of sp³-hybridized carbons (Fsp3) is 0.667. The van der Waals surface area contributed by atoms with Crippen molar-refractivity contribution in [2.24, 2.45) is 0 Å². The van der Waals surface area contributed by atoms with Crippen LogP contribution in [-0.2, 0) is 0 Å². The van der Waals surface area contributed by atoms with Gasteiger partial charge in [-0.25, -0.2) is 5.10 Å². The van der Waals surface area contributed by atoms with Crippen LogP contribution >= 0.6 is 27.7 Å². The van der Waals surface area contributed by atoms with Gasteiger partial charge in [-0.1, -0.05) is 19.3 Å². The van der Waals surface area contributed by atoms with Crippen molar-refractivity contribution in [2.75, 3.05) is 18.1 Å². The second-order valence-corrected chi connectivity index (χ2v) is 6.80. The highest BCUT2D eigenvalue weighted by Crippen LogP contribution is 2.38. The summed E-state index contributed by atoms with van der Waals surface area (Å²) in [5.74, 6) is 0. The first-order valence-corrected chi connectivity index (χ1v) is 8.21. The number of hydrogen-bond donors (Lipinski definition) is 2. The lowest BCUT2D eigenvalue weighted by molar-refractivity contribution is 0.411. The van der Waals surface area contributed by atoms with Crippen molar-refractivity contribution in [3.8, 4) is 0 Å². The Bertz CT molecular complexity index is 457. The summed E-state index contributed by atoms with van der Waals surface area (Å²) in [6, 6.07) is 0. The fourth-order valence-corrected chi connectivity index (χ4v) is 3.66. The Morgan fingerprint density at radius 3 is 2.89 bits per heavy atom. The van der Waals surface area contributed by atoms with E-state index >= 15 is 0 Å². The third-order valence-electron chi connectivity index (χ3n) is 3.59. The van der Waals surface area contributed by atoms with Gasteiger partial charge in [0.25, 0.3) is 5.56 Å². The number of aromatic amines is 1. The van der Waals surface area contributed by atoms with Crippen molar-refractivity contribution >= 4 is 33.4 Å². The molecule has 0 saturated heterocycles. The largest absolute Gasteiger partial charge is 0.381 e. The van der Waals surface area contributed by atoms with E-state index in [2.05, 4.69) is 37.7 Å². The molecule has 18 heavy (non-hydrogen) atoms. The van der Waals surface area contributed by atoms with Crippen LogP contribution in [0.5, 0.6) is 0 Å². The first kappa shape index (κ1) is 13.9. The molecule has 1 aliphatic rings. The molecule has 1 aromatic heterocycles. The molecule has 2 N–H and O–H groups in total. The summed E-state index contributed by atoms with van der Waals surface area (Å²) >= 11 is 5.23. The Kier molecular flexibility index (Phi) is 4.72. The Hall–Kier alpha value is -0.490. The molecular formula is C12H18BrN3OS. The van der Waals surface area contributed by atoms with E-state index in [1.165, 1.54) is 32.1 Å². The normalized spacial score (nSPS) is 18.6. The Labute approximate surface area is 119 Å². The van der Waals surface area contributed by atoms with Crippen molar-refractivity contribution in [3.05, 3.63) is 21.0 Å². The third-order valence-corrected chi connectivity index (χ3v) is 5.80. The van der Waals surface area contributed by atoms with Gasteiger partial charge in [0.1, 0.15) is 4.47 Å². The lowest BCUT2D eigenvalue weighted by Gasteiger charge is -2.36. The van der Waals surface area contributed by atoms with Crippen LogP contribution in [0.2, 0.25) is 0 Å². The molecule has 1 aromatic rings. The molecule has 1 saturated carbocycles. The monoisotopic (exact) mass is 331 g/mol. The second-order valence-electron chi connectivity index (χ2n) is 4.73. The average molecular weight is 332 g/mol. The zero-order valence-electron chi connectivity index (χ0n) is 10.5. The van der Waals surface area contributed by atoms with E-state index in [0.29, 0.717) is 9.22 Å². The number of H-pyrrole nitrogens is 1. The number of aromatic nitrogens is 2. The number of halogens is 1. The average Bonchev–Trinajstić information content (AvgIpc) is 2.41. The molecule has 0 bridgehead atoms. The maximum Gasteiger partial charge on any atom is 0.280 e. The molecule has 100 valence electrons. The van der Waals surface area contributed by atoms with Crippen molar-refractivity contribution in [1.29, 1.82) is 0 Å². The minimum absolute atomic E-state index is 0.193. The van der Waals surface area contributed by atoms with Crippen LogP contribution in [0.3, 0.4) is 0 Å². The molecule has 1 fully saturated rings. The van der Waals surface area contributed by atoms with Gasteiger partial charge in [-0.2, -0.15) is 16.9 Å². The topological polar surface area (TPSA) is 57.8 Å². The Morgan fingerprint density at radius 1 is 1.50 bits per heavy atom. The van der Waals surface area contributed by atoms with Crippen LogP contribution in [0.4, 0.5) is 5.69 Å². The molecule has 6 heteroatoms. The highest BCUT2D eigenvalue weighted by molar-refractivity contribution is 9.10. The Morgan fingerprint density at radius 2 is 2.22 bits per heavy atom. The van der Waals surface area contributed by atoms with Crippen molar-refractivity contribution in [3.63, 3.8) is 0 Å². The van der Waals surface area contributed by atoms with Gasteiger partial charge in [-0.15, -0.1) is 0 Å². The quantitative estimate of drug-likeness (QED) is 0.890. The molecule has 1 heterocycles. The Balaban J connectivity index is 2.05. The summed E-state index contributed by atoms with van der Waals surface area (Å²) in [6.45, 7) is 0.887. The van der Waals surface area contributed by atoms with Gasteiger partial charge in [0.15, 0.2) is 0 Å². The number of nitrogens with zero attached hydrogens (tertiary/aromatic N) is 1. The summed E-state index contributed by atoms with van der Waals surface area (Å²) < 4.78 is 0.838. The van der Waals surface area contributed by atoms with Crippen molar-refractivity contribution in [1.82, 2.24) is 10.2 Å². The van der Waals surface area contributed by atoms with Crippen LogP contribution in [-0.4, -0.2) is 27.7 Å². The van der Waals surface area contributed by atoms with E-state index in [1.807, 2.05) is 11.8 Å². The van der Waals surface area contributed by atoms with Gasteiger partial charge in [0.2, 0.25) is 0 Å². The molecule has 0 atom stereocenters. The van der Waals surface area contributed by atoms with E-state index in [-0.39, 0.29) is 5.56 Å². The minimum atomic E-state index is -0.193. The van der Waals surface area contributed by atoms with Crippen molar-refractivity contribution < 1.29 is 0 Å². The van der Waals surface area contributed by atoms with E-state index in [0.717, 1.165) is 12.2 Å². The molecular weight excluding hydrogens is 314 g/mol. The standard InChI is InChI=1S/C12H18BrN3OS/c1-18-12(5-3-2-4-6-12)8-14-9-7-15-16-11(17)10(9)13/h7H,2-6,8H2,1H3,(H2,14,16,17). The predicted octanol–water partition coefficient (Wildman–Crippen LogP) is 3.01. The summed E-state index contributed by atoms with van der Waals surface area (Å²) in [4.78, 5) is 11.4. The first-order valence-electron chi connectivity index (χ1n) is 6.19. The number of rotatable bonds is 4. The lowest BCUT2D eigenvalue weighted by Crippen LogP contribution is -2.35. The SMILES string of the molecule is CSC1(CNc2cn[nH]c(=O)c2Br)CCCCC1. The van der Waals surface area contributed by atoms with Crippen LogP contribution < -0.4 is 10.9 Å². The summed E-state index contributed by atoms with van der Waals surface area (Å²) in [5, 5.41) is 9.59. The predicted molar refractivity (Wildman–Crippen MR) is 80.4 cm³/mol. The van der Waals surface area contributed by atoms with Gasteiger partial charge in [0, 0.05) is 11.3 Å². The summed E-state index contributed by atoms with van der Waals surface area (Å²) in [6.07, 6.45) is 10.3. The zero-order chi connectivity index (χ0) is 13.0. The van der Waals surface area contributed by atoms with E-state index < -0.39 is 0 Å². The smallest absolute Gasteiger partial charge is 0.280 e. The number of anilines is 1. The molecule has 0 radical (unpaired) electrons. The first-order chi connectivity index (χ1) is 8.67. The van der Waals surface area contributed by atoms with Gasteiger partial charge >= 0.3 is 0 Å². The molecule has 0 aromatic carbocycles. The van der Waals surface area contributed by atoms with Gasteiger partial charge in [-0.3, -0.25) is 4.79 Å². The molecule has 2 rings (SSSR count). The van der Waals surface area contributed by atoms with E-state index in [1.54, 1.807) is 6.20 Å². The molecule has 0 spiro atoms. The van der Waals surface area contributed by atoms with Crippen LogP contribution in [0.15, 0.2) is 15.5 Å². The van der Waals surface area contributed by atoms with E-state index in [9.17, 15) is 4.79 Å². The van der Waals surface area contributed by atoms with Gasteiger partial charge in [-0.05, 0) is 35.0 Å². The highest BCUT2D eigenvalue weighted by atomic mass is 79.9. The fourth-order valence-electron chi connectivity index (χ4n) is 2.41. The van der Waals surface area contributed by atoms with Crippen LogP contribution in [0, 0.1) is 0 Å². The van der Waals surface area contributed by atoms with Gasteiger partial charge in [0.05, 0.1) is 11.9 Å². The minimum Gasteiger partial charge on any atom is -0.381 e. The molecule has 0 amide bonds. The molecule has 1 aliphatic carbocycles. The summed E-state index contributed by atoms with van der Waals surface area (Å²) in [7, 11) is 0. The maximum absolute atomic E-state index is 11.4. The summed E-state index contributed by atoms with van der Waals surface area (Å²) in [5.41, 5.74) is 0.583. The number of nitrogens with one attached hydrogen (secondary N) is 2. The van der Waals surface area contributed by atoms with Gasteiger partial charge < -0.3 is 5.32 Å². The van der Waals surface area contributed by atoms with Crippen molar-refractivity contribution in [2.45, 2.75) is 36.9 Å². The second kappa shape index (κ2) is 6.10. The molecule has 0 aliphatic heterocycles. The van der Waals surface area contributed by atoms with Crippen LogP contribution in [0.1, 0.15) is 32.1 Å². The number of thioether (sulfide) groups is 1. The maximum atomic E-state index is 11.4.